The largest absolute Gasteiger partial charge is 0.372 e. The fraction of sp³-hybridized carbons (Fsp3) is 0.250. The van der Waals surface area contributed by atoms with Gasteiger partial charge in [-0.15, -0.1) is 0 Å². The Kier molecular flexibility index (Phi) is 3.51. The predicted molar refractivity (Wildman–Crippen MR) is 72.2 cm³/mol. The van der Waals surface area contributed by atoms with Crippen LogP contribution in [0, 0.1) is 11.6 Å². The number of hydrogen-bond donors (Lipinski definition) is 1. The summed E-state index contributed by atoms with van der Waals surface area (Å²) in [6.45, 7) is 1.22. The summed E-state index contributed by atoms with van der Waals surface area (Å²) in [4.78, 5) is 0. The summed E-state index contributed by atoms with van der Waals surface area (Å²) in [5.74, 6) is -1.11. The van der Waals surface area contributed by atoms with Gasteiger partial charge < -0.3 is 10.1 Å². The number of rotatable bonds is 3. The third-order valence-electron chi connectivity index (χ3n) is 3.64. The van der Waals surface area contributed by atoms with Crippen molar-refractivity contribution in [2.45, 2.75) is 19.3 Å². The van der Waals surface area contributed by atoms with Gasteiger partial charge in [0.2, 0.25) is 0 Å². The van der Waals surface area contributed by atoms with Crippen LogP contribution in [0.2, 0.25) is 0 Å². The maximum absolute atomic E-state index is 13.9. The van der Waals surface area contributed by atoms with Crippen LogP contribution in [0.25, 0.3) is 0 Å². The van der Waals surface area contributed by atoms with Gasteiger partial charge in [-0.05, 0) is 29.8 Å². The molecule has 0 fully saturated rings. The first kappa shape index (κ1) is 13.2. The first-order valence-electron chi connectivity index (χ1n) is 6.50. The van der Waals surface area contributed by atoms with Crippen LogP contribution >= 0.6 is 0 Å². The molecule has 2 aromatic rings. The minimum absolute atomic E-state index is 0.304. The number of nitrogens with one attached hydrogen (secondary N) is 1. The van der Waals surface area contributed by atoms with Crippen LogP contribution in [0.15, 0.2) is 36.4 Å². The van der Waals surface area contributed by atoms with Gasteiger partial charge >= 0.3 is 0 Å². The van der Waals surface area contributed by atoms with E-state index < -0.39 is 11.6 Å². The van der Waals surface area contributed by atoms with Crippen LogP contribution in [-0.2, 0) is 18.0 Å². The maximum atomic E-state index is 13.9. The Bertz CT molecular complexity index is 642. The molecule has 0 amide bonds. The summed E-state index contributed by atoms with van der Waals surface area (Å²) < 4.78 is 32.3. The third-order valence-corrected chi connectivity index (χ3v) is 3.64. The molecule has 2 aromatic carbocycles. The van der Waals surface area contributed by atoms with Gasteiger partial charge in [-0.2, -0.15) is 0 Å². The van der Waals surface area contributed by atoms with Crippen LogP contribution < -0.4 is 5.32 Å². The average Bonchev–Trinajstić information content (AvgIpc) is 2.89. The van der Waals surface area contributed by atoms with E-state index in [1.165, 1.54) is 17.7 Å². The summed E-state index contributed by atoms with van der Waals surface area (Å²) in [5, 5.41) is 3.08. The molecule has 3 rings (SSSR count). The lowest BCUT2D eigenvalue weighted by molar-refractivity contribution is 0.134. The molecule has 0 spiro atoms. The van der Waals surface area contributed by atoms with E-state index in [0.717, 1.165) is 17.2 Å². The van der Waals surface area contributed by atoms with Crippen LogP contribution in [0.1, 0.15) is 28.3 Å². The average molecular weight is 275 g/mol. The molecular weight excluding hydrogens is 260 g/mol. The van der Waals surface area contributed by atoms with E-state index in [9.17, 15) is 8.78 Å². The highest BCUT2D eigenvalue weighted by Crippen LogP contribution is 2.28. The standard InChI is InChI=1S/C16H15F2NO/c1-19-16(14-5-4-13(17)7-15(14)18)10-2-3-11-8-20-9-12(11)6-10/h2-7,16,19H,8-9H2,1H3. The Morgan fingerprint density at radius 1 is 1.05 bits per heavy atom. The monoisotopic (exact) mass is 275 g/mol. The van der Waals surface area contributed by atoms with E-state index in [-0.39, 0.29) is 6.04 Å². The zero-order valence-electron chi connectivity index (χ0n) is 11.1. The molecule has 0 aromatic heterocycles. The van der Waals surface area contributed by atoms with Crippen LogP contribution in [-0.4, -0.2) is 7.05 Å². The second-order valence-electron chi connectivity index (χ2n) is 4.91. The molecule has 1 unspecified atom stereocenters. The van der Waals surface area contributed by atoms with Crippen molar-refractivity contribution in [1.29, 1.82) is 0 Å². The van der Waals surface area contributed by atoms with Crippen molar-refractivity contribution in [3.8, 4) is 0 Å². The fourth-order valence-corrected chi connectivity index (χ4v) is 2.61. The van der Waals surface area contributed by atoms with Crippen LogP contribution in [0.4, 0.5) is 8.78 Å². The molecule has 1 aliphatic heterocycles. The van der Waals surface area contributed by atoms with Crippen molar-refractivity contribution >= 4 is 0 Å². The minimum Gasteiger partial charge on any atom is -0.372 e. The molecule has 1 aliphatic rings. The summed E-state index contributed by atoms with van der Waals surface area (Å²) in [5.41, 5.74) is 3.68. The van der Waals surface area contributed by atoms with Crippen molar-refractivity contribution in [2.75, 3.05) is 7.05 Å². The van der Waals surface area contributed by atoms with E-state index in [1.807, 2.05) is 18.2 Å². The molecular formula is C16H15F2NO. The molecule has 20 heavy (non-hydrogen) atoms. The lowest BCUT2D eigenvalue weighted by Gasteiger charge is -2.18. The number of hydrogen-bond acceptors (Lipinski definition) is 2. The second kappa shape index (κ2) is 5.31. The molecule has 0 bridgehead atoms. The van der Waals surface area contributed by atoms with Crippen molar-refractivity contribution < 1.29 is 13.5 Å². The van der Waals surface area contributed by atoms with Gasteiger partial charge in [-0.1, -0.05) is 24.3 Å². The lowest BCUT2D eigenvalue weighted by atomic mass is 9.95. The van der Waals surface area contributed by atoms with E-state index in [2.05, 4.69) is 5.32 Å². The van der Waals surface area contributed by atoms with Gasteiger partial charge in [-0.3, -0.25) is 0 Å². The third kappa shape index (κ3) is 2.32. The van der Waals surface area contributed by atoms with E-state index in [4.69, 9.17) is 4.74 Å². The number of ether oxygens (including phenoxy) is 1. The van der Waals surface area contributed by atoms with Crippen molar-refractivity contribution in [3.63, 3.8) is 0 Å². The Hall–Kier alpha value is -1.78. The topological polar surface area (TPSA) is 21.3 Å². The fourth-order valence-electron chi connectivity index (χ4n) is 2.61. The number of benzene rings is 2. The number of fused-ring (bicyclic) bond motifs is 1. The van der Waals surface area contributed by atoms with Gasteiger partial charge in [-0.25, -0.2) is 8.78 Å². The predicted octanol–water partition coefficient (Wildman–Crippen LogP) is 3.30. The Labute approximate surface area is 116 Å². The van der Waals surface area contributed by atoms with Gasteiger partial charge in [0.1, 0.15) is 11.6 Å². The van der Waals surface area contributed by atoms with Gasteiger partial charge in [0.05, 0.1) is 19.3 Å². The highest BCUT2D eigenvalue weighted by atomic mass is 19.1. The molecule has 4 heteroatoms. The molecule has 0 radical (unpaired) electrons. The van der Waals surface area contributed by atoms with Crippen molar-refractivity contribution in [2.24, 2.45) is 0 Å². The summed E-state index contributed by atoms with van der Waals surface area (Å²) in [6, 6.07) is 9.35. The molecule has 1 N–H and O–H groups in total. The first-order valence-corrected chi connectivity index (χ1v) is 6.50. The van der Waals surface area contributed by atoms with Gasteiger partial charge in [0.25, 0.3) is 0 Å². The van der Waals surface area contributed by atoms with Crippen molar-refractivity contribution in [3.05, 3.63) is 70.3 Å². The smallest absolute Gasteiger partial charge is 0.131 e. The summed E-state index contributed by atoms with van der Waals surface area (Å²) in [6.07, 6.45) is 0. The lowest BCUT2D eigenvalue weighted by Crippen LogP contribution is -2.19. The molecule has 1 heterocycles. The zero-order chi connectivity index (χ0) is 14.1. The first-order chi connectivity index (χ1) is 9.69. The van der Waals surface area contributed by atoms with Gasteiger partial charge in [0, 0.05) is 11.6 Å². The summed E-state index contributed by atoms with van der Waals surface area (Å²) >= 11 is 0. The van der Waals surface area contributed by atoms with Crippen LogP contribution in [0.3, 0.4) is 0 Å². The molecule has 0 saturated carbocycles. The van der Waals surface area contributed by atoms with Crippen LogP contribution in [0.5, 0.6) is 0 Å². The maximum Gasteiger partial charge on any atom is 0.131 e. The van der Waals surface area contributed by atoms with E-state index in [1.54, 1.807) is 7.05 Å². The molecule has 1 atom stereocenters. The highest BCUT2D eigenvalue weighted by Gasteiger charge is 2.19. The number of halogens is 2. The zero-order valence-corrected chi connectivity index (χ0v) is 11.1. The molecule has 2 nitrogen and oxygen atoms in total. The van der Waals surface area contributed by atoms with Gasteiger partial charge in [0.15, 0.2) is 0 Å². The van der Waals surface area contributed by atoms with Crippen molar-refractivity contribution in [1.82, 2.24) is 5.32 Å². The van der Waals surface area contributed by atoms with E-state index >= 15 is 0 Å². The summed E-state index contributed by atoms with van der Waals surface area (Å²) in [7, 11) is 1.76. The van der Waals surface area contributed by atoms with E-state index in [0.29, 0.717) is 18.8 Å². The minimum atomic E-state index is -0.566. The Morgan fingerprint density at radius 3 is 2.60 bits per heavy atom. The Balaban J connectivity index is 2.01. The molecule has 0 aliphatic carbocycles. The normalized spacial score (nSPS) is 15.2. The molecule has 0 saturated heterocycles. The SMILES string of the molecule is CNC(c1ccc2c(c1)COC2)c1ccc(F)cc1F. The quantitative estimate of drug-likeness (QED) is 0.928. The Morgan fingerprint density at radius 2 is 1.85 bits per heavy atom. The second-order valence-corrected chi connectivity index (χ2v) is 4.91. The highest BCUT2D eigenvalue weighted by molar-refractivity contribution is 5.39. The molecule has 104 valence electrons.